The number of likely N-dealkylation sites (N-methyl/N-ethyl adjacent to an activating group) is 2. The Morgan fingerprint density at radius 2 is 1.87 bits per heavy atom. The van der Waals surface area contributed by atoms with Gasteiger partial charge in [0, 0.05) is 56.6 Å². The number of carbonyl (C=O) groups is 1. The molecule has 0 spiro atoms. The topological polar surface area (TPSA) is 116 Å². The maximum atomic E-state index is 10.9. The van der Waals surface area contributed by atoms with Crippen LogP contribution in [-0.4, -0.2) is 87.8 Å². The summed E-state index contributed by atoms with van der Waals surface area (Å²) >= 11 is 0. The number of para-hydroxylation sites is 1. The van der Waals surface area contributed by atoms with Gasteiger partial charge in [0.25, 0.3) is 5.88 Å². The van der Waals surface area contributed by atoms with Crippen LogP contribution in [0.1, 0.15) is 26.3 Å². The fourth-order valence-corrected chi connectivity index (χ4v) is 4.30. The number of fused-ring (bicyclic) bond motifs is 1. The Bertz CT molecular complexity index is 1340. The molecule has 0 saturated carbocycles. The maximum Gasteiger partial charge on any atom is 0.256 e. The number of carbonyl (C=O) groups excluding carboxylic acids is 1. The first-order valence-corrected chi connectivity index (χ1v) is 13.3. The lowest BCUT2D eigenvalue weighted by Gasteiger charge is -2.31. The zero-order valence-electron chi connectivity index (χ0n) is 24.1. The average molecular weight is 536 g/mol. The Morgan fingerprint density at radius 3 is 2.54 bits per heavy atom. The lowest BCUT2D eigenvalue weighted by molar-refractivity contribution is -0.105. The molecule has 4 heterocycles. The van der Waals surface area contributed by atoms with Gasteiger partial charge in [-0.05, 0) is 32.1 Å². The third kappa shape index (κ3) is 7.33. The number of methoxy groups -OCH3 is 1. The van der Waals surface area contributed by atoms with E-state index in [9.17, 15) is 4.79 Å². The van der Waals surface area contributed by atoms with Gasteiger partial charge in [0.1, 0.15) is 5.69 Å². The van der Waals surface area contributed by atoms with E-state index in [0.717, 1.165) is 27.7 Å². The second-order valence-corrected chi connectivity index (χ2v) is 9.01. The molecule has 1 aliphatic rings. The van der Waals surface area contributed by atoms with Crippen molar-refractivity contribution in [1.82, 2.24) is 34.5 Å². The van der Waals surface area contributed by atoms with Gasteiger partial charge >= 0.3 is 0 Å². The number of aromatic nitrogens is 5. The van der Waals surface area contributed by atoms with E-state index < -0.39 is 0 Å². The molecular formula is C28H41N9O2. The van der Waals surface area contributed by atoms with E-state index in [4.69, 9.17) is 9.72 Å². The van der Waals surface area contributed by atoms with Crippen molar-refractivity contribution in [2.45, 2.75) is 27.7 Å². The first kappa shape index (κ1) is 29.6. The summed E-state index contributed by atoms with van der Waals surface area (Å²) in [6.45, 7) is 14.4. The zero-order chi connectivity index (χ0) is 28.4. The highest BCUT2D eigenvalue weighted by atomic mass is 16.5. The number of anilines is 3. The van der Waals surface area contributed by atoms with Crippen LogP contribution in [0.2, 0.25) is 0 Å². The molecular weight excluding hydrogens is 494 g/mol. The van der Waals surface area contributed by atoms with E-state index in [0.29, 0.717) is 29.6 Å². The number of hydrogen-bond acceptors (Lipinski definition) is 8. The molecule has 0 bridgehead atoms. The molecule has 1 aromatic carbocycles. The molecule has 4 aromatic rings. The average Bonchev–Trinajstić information content (AvgIpc) is 3.55. The number of aryl methyl sites for hydroxylation is 2. The number of rotatable bonds is 7. The molecule has 3 aromatic heterocycles. The minimum Gasteiger partial charge on any atom is -0.478 e. The number of benzene rings is 1. The van der Waals surface area contributed by atoms with Crippen LogP contribution in [0.5, 0.6) is 5.88 Å². The van der Waals surface area contributed by atoms with Crippen LogP contribution in [0.4, 0.5) is 17.3 Å². The van der Waals surface area contributed by atoms with Crippen LogP contribution < -0.4 is 15.4 Å². The summed E-state index contributed by atoms with van der Waals surface area (Å²) in [5.41, 5.74) is 4.87. The van der Waals surface area contributed by atoms with Crippen molar-refractivity contribution >= 4 is 34.6 Å². The first-order valence-electron chi connectivity index (χ1n) is 13.3. The highest BCUT2D eigenvalue weighted by molar-refractivity contribution is 6.03. The standard InChI is InChI=1S/C19H19N7O2.C7H16N2.C2H6/c1-11-7-21-19(23-15-9-26(2)25-18(15)28-3)24-16(11)13-8-20-17-12(13)5-4-6-14(17)22-10-27;1-3-9-6-4-8(2)5-7-9;1-2/h4-10,20H,1-3H3,(H,22,27)(H,21,23,24);3-7H2,1-2H3;1-2H3. The number of nitrogens with one attached hydrogen (secondary N) is 3. The number of piperazine rings is 1. The summed E-state index contributed by atoms with van der Waals surface area (Å²) in [6, 6.07) is 5.71. The summed E-state index contributed by atoms with van der Waals surface area (Å²) in [5, 5.41) is 11.0. The molecule has 1 saturated heterocycles. The third-order valence-electron chi connectivity index (χ3n) is 6.43. The number of nitrogens with zero attached hydrogens (tertiary/aromatic N) is 6. The lowest BCUT2D eigenvalue weighted by atomic mass is 10.1. The number of aromatic amines is 1. The van der Waals surface area contributed by atoms with E-state index in [1.54, 1.807) is 24.2 Å². The summed E-state index contributed by atoms with van der Waals surface area (Å²) in [4.78, 5) is 28.0. The van der Waals surface area contributed by atoms with Crippen LogP contribution in [0.15, 0.2) is 36.8 Å². The number of ether oxygens (including phenoxy) is 1. The minimum atomic E-state index is 0.434. The minimum absolute atomic E-state index is 0.434. The molecule has 39 heavy (non-hydrogen) atoms. The van der Waals surface area contributed by atoms with Crippen molar-refractivity contribution in [3.05, 3.63) is 42.4 Å². The van der Waals surface area contributed by atoms with Crippen LogP contribution in [0.25, 0.3) is 22.2 Å². The van der Waals surface area contributed by atoms with Crippen LogP contribution in [0, 0.1) is 6.92 Å². The number of amides is 1. The van der Waals surface area contributed by atoms with E-state index in [1.807, 2.05) is 52.2 Å². The molecule has 1 amide bonds. The quantitative estimate of drug-likeness (QED) is 0.301. The molecule has 0 radical (unpaired) electrons. The molecule has 210 valence electrons. The largest absolute Gasteiger partial charge is 0.478 e. The number of hydrogen-bond donors (Lipinski definition) is 3. The molecule has 5 rings (SSSR count). The predicted molar refractivity (Wildman–Crippen MR) is 158 cm³/mol. The van der Waals surface area contributed by atoms with Gasteiger partial charge in [-0.2, -0.15) is 0 Å². The van der Waals surface area contributed by atoms with Crippen LogP contribution in [0.3, 0.4) is 0 Å². The van der Waals surface area contributed by atoms with Crippen molar-refractivity contribution in [3.63, 3.8) is 0 Å². The molecule has 0 atom stereocenters. The fraction of sp³-hybridized carbons (Fsp3) is 0.429. The van der Waals surface area contributed by atoms with Crippen molar-refractivity contribution in [2.24, 2.45) is 7.05 Å². The smallest absolute Gasteiger partial charge is 0.256 e. The van der Waals surface area contributed by atoms with Crippen molar-refractivity contribution in [1.29, 1.82) is 0 Å². The van der Waals surface area contributed by atoms with Crippen LogP contribution in [-0.2, 0) is 11.8 Å². The predicted octanol–water partition coefficient (Wildman–Crippen LogP) is 4.27. The third-order valence-corrected chi connectivity index (χ3v) is 6.43. The van der Waals surface area contributed by atoms with Gasteiger partial charge in [0.05, 0.1) is 30.2 Å². The van der Waals surface area contributed by atoms with Gasteiger partial charge in [-0.15, -0.1) is 5.10 Å². The monoisotopic (exact) mass is 535 g/mol. The first-order chi connectivity index (χ1) is 18.9. The molecule has 0 unspecified atom stereocenters. The summed E-state index contributed by atoms with van der Waals surface area (Å²) in [5.74, 6) is 0.897. The van der Waals surface area contributed by atoms with E-state index >= 15 is 0 Å². The summed E-state index contributed by atoms with van der Waals surface area (Å²) < 4.78 is 6.92. The van der Waals surface area contributed by atoms with Gasteiger partial charge < -0.3 is 30.2 Å². The highest BCUT2D eigenvalue weighted by Crippen LogP contribution is 2.33. The molecule has 1 aliphatic heterocycles. The lowest BCUT2D eigenvalue weighted by Crippen LogP contribution is -2.44. The van der Waals surface area contributed by atoms with Crippen molar-refractivity contribution in [2.75, 3.05) is 57.5 Å². The van der Waals surface area contributed by atoms with Crippen LogP contribution >= 0.6 is 0 Å². The Morgan fingerprint density at radius 1 is 1.13 bits per heavy atom. The normalized spacial score (nSPS) is 13.6. The summed E-state index contributed by atoms with van der Waals surface area (Å²) in [6.07, 6.45) is 6.10. The molecule has 0 aliphatic carbocycles. The van der Waals surface area contributed by atoms with E-state index in [1.165, 1.54) is 32.7 Å². The maximum absolute atomic E-state index is 10.9. The second-order valence-electron chi connectivity index (χ2n) is 9.01. The molecule has 3 N–H and O–H groups in total. The van der Waals surface area contributed by atoms with Crippen molar-refractivity contribution < 1.29 is 9.53 Å². The highest BCUT2D eigenvalue weighted by Gasteiger charge is 2.15. The van der Waals surface area contributed by atoms with E-state index in [-0.39, 0.29) is 0 Å². The van der Waals surface area contributed by atoms with Gasteiger partial charge in [-0.1, -0.05) is 32.9 Å². The van der Waals surface area contributed by atoms with Gasteiger partial charge in [0.15, 0.2) is 0 Å². The van der Waals surface area contributed by atoms with E-state index in [2.05, 4.69) is 49.5 Å². The van der Waals surface area contributed by atoms with Gasteiger partial charge in [0.2, 0.25) is 12.4 Å². The molecule has 11 heteroatoms. The Balaban J connectivity index is 0.000000322. The van der Waals surface area contributed by atoms with Crippen molar-refractivity contribution in [3.8, 4) is 17.1 Å². The fourth-order valence-electron chi connectivity index (χ4n) is 4.30. The summed E-state index contributed by atoms with van der Waals surface area (Å²) in [7, 11) is 5.56. The Labute approximate surface area is 230 Å². The van der Waals surface area contributed by atoms with Gasteiger partial charge in [-0.25, -0.2) is 9.97 Å². The Hall–Kier alpha value is -3.96. The van der Waals surface area contributed by atoms with Gasteiger partial charge in [-0.3, -0.25) is 9.48 Å². The zero-order valence-corrected chi connectivity index (χ0v) is 24.1. The SMILES string of the molecule is CC.CCN1CCN(C)CC1.COc1nn(C)cc1Nc1ncc(C)c(-c2c[nH]c3c(NC=O)cccc23)n1. The number of H-pyrrole nitrogens is 1. The molecule has 11 nitrogen and oxygen atoms in total. The second kappa shape index (κ2) is 14.3. The Kier molecular flexibility index (Phi) is 10.8. The molecule has 1 fully saturated rings.